The van der Waals surface area contributed by atoms with Crippen molar-refractivity contribution in [2.45, 2.75) is 19.9 Å². The normalized spacial score (nSPS) is 15.0. The van der Waals surface area contributed by atoms with Gasteiger partial charge >= 0.3 is 0 Å². The van der Waals surface area contributed by atoms with Gasteiger partial charge in [-0.3, -0.25) is 4.79 Å². The van der Waals surface area contributed by atoms with E-state index < -0.39 is 0 Å². The molecule has 0 fully saturated rings. The summed E-state index contributed by atoms with van der Waals surface area (Å²) in [5.74, 6) is 1.65. The maximum Gasteiger partial charge on any atom is 0.281 e. The summed E-state index contributed by atoms with van der Waals surface area (Å²) in [7, 11) is 0. The van der Waals surface area contributed by atoms with Gasteiger partial charge in [-0.1, -0.05) is 24.3 Å². The Hall–Kier alpha value is -2.88. The van der Waals surface area contributed by atoms with E-state index in [9.17, 15) is 4.79 Å². The van der Waals surface area contributed by atoms with Gasteiger partial charge in [-0.25, -0.2) is 0 Å². The van der Waals surface area contributed by atoms with Crippen LogP contribution in [0.15, 0.2) is 53.3 Å². The Morgan fingerprint density at radius 3 is 2.75 bits per heavy atom. The van der Waals surface area contributed by atoms with Gasteiger partial charge in [0.25, 0.3) is 5.56 Å². The maximum absolute atomic E-state index is 12.3. The number of nitrogens with zero attached hydrogens (tertiary/aromatic N) is 2. The highest BCUT2D eigenvalue weighted by Crippen LogP contribution is 2.29. The van der Waals surface area contributed by atoms with E-state index in [4.69, 9.17) is 4.74 Å². The smallest absolute Gasteiger partial charge is 0.281 e. The lowest BCUT2D eigenvalue weighted by atomic mass is 10.1. The lowest BCUT2D eigenvalue weighted by Crippen LogP contribution is -2.14. The molecule has 0 aliphatic carbocycles. The van der Waals surface area contributed by atoms with Crippen LogP contribution in [0.25, 0.3) is 22.6 Å². The summed E-state index contributed by atoms with van der Waals surface area (Å²) in [5, 5.41) is 0.684. The number of benzene rings is 2. The van der Waals surface area contributed by atoms with E-state index in [2.05, 4.69) is 15.6 Å². The van der Waals surface area contributed by atoms with E-state index in [1.54, 1.807) is 0 Å². The fraction of sp³-hybridized carbons (Fsp3) is 0.200. The molecule has 1 aliphatic rings. The number of fused-ring (bicyclic) bond motifs is 3. The second-order valence-corrected chi connectivity index (χ2v) is 5.83. The van der Waals surface area contributed by atoms with Crippen LogP contribution in [0.2, 0.25) is 0 Å². The zero-order valence-corrected chi connectivity index (χ0v) is 13.5. The van der Waals surface area contributed by atoms with Gasteiger partial charge in [-0.2, -0.15) is 4.98 Å². The number of aromatic nitrogens is 2. The molecule has 0 unspecified atom stereocenters. The molecule has 0 saturated heterocycles. The van der Waals surface area contributed by atoms with Crippen molar-refractivity contribution in [3.8, 4) is 5.75 Å². The van der Waals surface area contributed by atoms with E-state index in [0.717, 1.165) is 41.2 Å². The second-order valence-electron chi connectivity index (χ2n) is 5.83. The summed E-state index contributed by atoms with van der Waals surface area (Å²) >= 11 is 0. The van der Waals surface area contributed by atoms with Crippen molar-refractivity contribution < 1.29 is 4.74 Å². The molecule has 1 aliphatic heterocycles. The molecule has 120 valence electrons. The average molecular weight is 318 g/mol. The zero-order chi connectivity index (χ0) is 16.5. The van der Waals surface area contributed by atoms with E-state index in [1.165, 1.54) is 0 Å². The summed E-state index contributed by atoms with van der Waals surface area (Å²) in [4.78, 5) is 16.6. The maximum atomic E-state index is 12.3. The van der Waals surface area contributed by atoms with Crippen molar-refractivity contribution in [2.75, 3.05) is 6.61 Å². The monoisotopic (exact) mass is 318 g/mol. The first-order valence-corrected chi connectivity index (χ1v) is 8.19. The highest BCUT2D eigenvalue weighted by Gasteiger charge is 2.20. The molecule has 0 atom stereocenters. The van der Waals surface area contributed by atoms with Crippen molar-refractivity contribution in [3.05, 3.63) is 70.3 Å². The third kappa shape index (κ3) is 2.50. The van der Waals surface area contributed by atoms with Crippen molar-refractivity contribution in [1.82, 2.24) is 9.55 Å². The first-order chi connectivity index (χ1) is 11.8. The van der Waals surface area contributed by atoms with Gasteiger partial charge in [0, 0.05) is 6.54 Å². The van der Waals surface area contributed by atoms with Crippen molar-refractivity contribution in [1.29, 1.82) is 0 Å². The molecule has 0 saturated carbocycles. The van der Waals surface area contributed by atoms with Crippen LogP contribution in [0.4, 0.5) is 0 Å². The molecule has 4 rings (SSSR count). The van der Waals surface area contributed by atoms with Gasteiger partial charge in [0.05, 0.1) is 17.5 Å². The van der Waals surface area contributed by atoms with Crippen LogP contribution in [0, 0.1) is 0 Å². The number of rotatable bonds is 3. The number of aryl methyl sites for hydroxylation is 1. The van der Waals surface area contributed by atoms with Crippen molar-refractivity contribution >= 4 is 22.6 Å². The molecule has 2 heterocycles. The standard InChI is InChI=1S/C20H18N2O2/c1-2-24-16-9-7-14(8-10-16)13-15-11-12-22-18-6-4-3-5-17(18)20(23)21-19(15)22/h3-10,13H,2,11-12H2,1H3/b15-13-. The quantitative estimate of drug-likeness (QED) is 0.739. The number of para-hydroxylation sites is 1. The van der Waals surface area contributed by atoms with Crippen LogP contribution >= 0.6 is 0 Å². The minimum atomic E-state index is -0.156. The van der Waals surface area contributed by atoms with Crippen LogP contribution < -0.4 is 10.3 Å². The first kappa shape index (κ1) is 14.7. The Kier molecular flexibility index (Phi) is 3.65. The van der Waals surface area contributed by atoms with E-state index >= 15 is 0 Å². The summed E-state index contributed by atoms with van der Waals surface area (Å²) < 4.78 is 7.61. The van der Waals surface area contributed by atoms with E-state index in [0.29, 0.717) is 12.0 Å². The van der Waals surface area contributed by atoms with Gasteiger partial charge in [-0.05, 0) is 54.8 Å². The largest absolute Gasteiger partial charge is 0.494 e. The molecule has 0 bridgehead atoms. The minimum absolute atomic E-state index is 0.156. The molecule has 0 amide bonds. The molecule has 24 heavy (non-hydrogen) atoms. The van der Waals surface area contributed by atoms with E-state index in [1.807, 2.05) is 55.5 Å². The fourth-order valence-corrected chi connectivity index (χ4v) is 3.20. The van der Waals surface area contributed by atoms with Crippen LogP contribution in [-0.2, 0) is 6.54 Å². The van der Waals surface area contributed by atoms with Gasteiger partial charge in [0.15, 0.2) is 0 Å². The topological polar surface area (TPSA) is 44.1 Å². The molecule has 4 nitrogen and oxygen atoms in total. The van der Waals surface area contributed by atoms with Gasteiger partial charge in [-0.15, -0.1) is 0 Å². The summed E-state index contributed by atoms with van der Waals surface area (Å²) in [6.07, 6.45) is 2.99. The zero-order valence-electron chi connectivity index (χ0n) is 13.5. The predicted octanol–water partition coefficient (Wildman–Crippen LogP) is 3.74. The predicted molar refractivity (Wildman–Crippen MR) is 96.1 cm³/mol. The fourth-order valence-electron chi connectivity index (χ4n) is 3.20. The molecule has 3 aromatic rings. The minimum Gasteiger partial charge on any atom is -0.494 e. The lowest BCUT2D eigenvalue weighted by Gasteiger charge is -2.07. The number of hydrogen-bond acceptors (Lipinski definition) is 3. The van der Waals surface area contributed by atoms with Crippen molar-refractivity contribution in [2.24, 2.45) is 0 Å². The number of allylic oxidation sites excluding steroid dienone is 1. The Balaban J connectivity index is 1.77. The molecule has 0 radical (unpaired) electrons. The Morgan fingerprint density at radius 2 is 1.96 bits per heavy atom. The van der Waals surface area contributed by atoms with Crippen LogP contribution in [0.5, 0.6) is 5.75 Å². The van der Waals surface area contributed by atoms with Crippen LogP contribution in [0.1, 0.15) is 24.7 Å². The third-order valence-electron chi connectivity index (χ3n) is 4.31. The molecule has 0 N–H and O–H groups in total. The van der Waals surface area contributed by atoms with Gasteiger partial charge < -0.3 is 9.30 Å². The Morgan fingerprint density at radius 1 is 1.17 bits per heavy atom. The van der Waals surface area contributed by atoms with Crippen LogP contribution in [0.3, 0.4) is 0 Å². The van der Waals surface area contributed by atoms with Gasteiger partial charge in [0.1, 0.15) is 11.6 Å². The highest BCUT2D eigenvalue weighted by molar-refractivity contribution is 5.85. The second kappa shape index (κ2) is 5.96. The number of hydrogen-bond donors (Lipinski definition) is 0. The lowest BCUT2D eigenvalue weighted by molar-refractivity contribution is 0.340. The summed E-state index contributed by atoms with van der Waals surface area (Å²) in [5.41, 5.74) is 2.99. The molecular weight excluding hydrogens is 300 g/mol. The average Bonchev–Trinajstić information content (AvgIpc) is 3.00. The molecule has 2 aromatic carbocycles. The first-order valence-electron chi connectivity index (χ1n) is 8.19. The molecule has 4 heteroatoms. The third-order valence-corrected chi connectivity index (χ3v) is 4.31. The van der Waals surface area contributed by atoms with Gasteiger partial charge in [0.2, 0.25) is 0 Å². The van der Waals surface area contributed by atoms with E-state index in [-0.39, 0.29) is 5.56 Å². The molecule has 0 spiro atoms. The molecule has 1 aromatic heterocycles. The SMILES string of the molecule is CCOc1ccc(/C=C2/CCn3c2nc(=O)c2ccccc23)cc1. The van der Waals surface area contributed by atoms with Crippen LogP contribution in [-0.4, -0.2) is 16.2 Å². The molecular formula is C20H18N2O2. The highest BCUT2D eigenvalue weighted by atomic mass is 16.5. The van der Waals surface area contributed by atoms with Crippen molar-refractivity contribution in [3.63, 3.8) is 0 Å². The summed E-state index contributed by atoms with van der Waals surface area (Å²) in [6.45, 7) is 3.48. The Bertz CT molecular complexity index is 985. The summed E-state index contributed by atoms with van der Waals surface area (Å²) in [6, 6.07) is 15.7. The Labute approximate surface area is 140 Å². The number of ether oxygens (including phenoxy) is 1.